The summed E-state index contributed by atoms with van der Waals surface area (Å²) < 4.78 is 15.9. The number of benzene rings is 2. The van der Waals surface area contributed by atoms with E-state index in [2.05, 4.69) is 47.6 Å². The van der Waals surface area contributed by atoms with Crippen LogP contribution in [-0.4, -0.2) is 48.3 Å². The maximum Gasteiger partial charge on any atom is 0.325 e. The summed E-state index contributed by atoms with van der Waals surface area (Å²) in [5, 5.41) is 3.17. The number of nitrogens with zero attached hydrogens (tertiary/aromatic N) is 1. The van der Waals surface area contributed by atoms with Crippen LogP contribution in [0.4, 0.5) is 5.69 Å². The average Bonchev–Trinajstić information content (AvgIpc) is 2.90. The summed E-state index contributed by atoms with van der Waals surface area (Å²) in [6.07, 6.45) is 8.69. The van der Waals surface area contributed by atoms with E-state index in [1.807, 2.05) is 18.2 Å². The van der Waals surface area contributed by atoms with E-state index in [1.165, 1.54) is 23.4 Å². The molecule has 2 aromatic carbocycles. The summed E-state index contributed by atoms with van der Waals surface area (Å²) in [4.78, 5) is 36.2. The van der Waals surface area contributed by atoms with Gasteiger partial charge in [-0.25, -0.2) is 0 Å². The summed E-state index contributed by atoms with van der Waals surface area (Å²) in [6, 6.07) is 16.8. The number of hydrogen-bond acceptors (Lipinski definition) is 5. The average molecular weight is 557 g/mol. The van der Waals surface area contributed by atoms with E-state index in [4.69, 9.17) is 9.42 Å². The van der Waals surface area contributed by atoms with Crippen molar-refractivity contribution in [2.24, 2.45) is 0 Å². The van der Waals surface area contributed by atoms with E-state index in [0.29, 0.717) is 31.0 Å². The fourth-order valence-electron chi connectivity index (χ4n) is 5.25. The number of rotatable bonds is 17. The lowest BCUT2D eigenvalue weighted by atomic mass is 9.84. The Morgan fingerprint density at radius 1 is 0.923 bits per heavy atom. The van der Waals surface area contributed by atoms with Gasteiger partial charge < -0.3 is 19.6 Å². The van der Waals surface area contributed by atoms with Crippen LogP contribution in [0.1, 0.15) is 93.2 Å². The van der Waals surface area contributed by atoms with Gasteiger partial charge in [-0.05, 0) is 55.5 Å². The monoisotopic (exact) mass is 556 g/mol. The molecule has 0 spiro atoms. The third-order valence-electron chi connectivity index (χ3n) is 7.28. The predicted octanol–water partition coefficient (Wildman–Crippen LogP) is 6.89. The van der Waals surface area contributed by atoms with Crippen LogP contribution in [0.25, 0.3) is 0 Å². The van der Waals surface area contributed by atoms with Crippen molar-refractivity contribution >= 4 is 25.0 Å². The van der Waals surface area contributed by atoms with Crippen LogP contribution in [0, 0.1) is 0 Å². The van der Waals surface area contributed by atoms with Gasteiger partial charge in [-0.3, -0.25) is 14.2 Å². The molecule has 0 saturated carbocycles. The number of carbonyl (C=O) groups is 2. The predicted molar refractivity (Wildman–Crippen MR) is 157 cm³/mol. The molecule has 0 bridgehead atoms. The van der Waals surface area contributed by atoms with Crippen LogP contribution < -0.4 is 5.32 Å². The molecule has 2 N–H and O–H groups in total. The van der Waals surface area contributed by atoms with Crippen molar-refractivity contribution in [3.8, 4) is 0 Å². The lowest BCUT2D eigenvalue weighted by molar-refractivity contribution is -0.119. The molecule has 3 rings (SSSR count). The minimum absolute atomic E-state index is 0.0510. The number of Topliss-reactive ketones (excluding diaryl/α,β-unsaturated/α-hetero) is 1. The van der Waals surface area contributed by atoms with Crippen LogP contribution >= 0.6 is 7.60 Å². The largest absolute Gasteiger partial charge is 0.326 e. The maximum absolute atomic E-state index is 12.7. The van der Waals surface area contributed by atoms with Crippen molar-refractivity contribution in [3.05, 3.63) is 65.2 Å². The number of hydrogen-bond donors (Lipinski definition) is 2. The molecule has 1 amide bonds. The van der Waals surface area contributed by atoms with Gasteiger partial charge in [-0.2, -0.15) is 0 Å². The SMILES string of the molecule is CN1Cc2c(NC(=O)CCCCCCC(=O)CCCCCCOP(C)(=O)O)cccc2C(c2ccccc2)C1. The third kappa shape index (κ3) is 11.4. The van der Waals surface area contributed by atoms with Crippen molar-refractivity contribution in [3.63, 3.8) is 0 Å². The number of anilines is 1. The molecule has 1 heterocycles. The van der Waals surface area contributed by atoms with E-state index in [1.54, 1.807) is 0 Å². The second-order valence-corrected chi connectivity index (χ2v) is 12.7. The van der Waals surface area contributed by atoms with Crippen LogP contribution in [0.2, 0.25) is 0 Å². The molecule has 7 nitrogen and oxygen atoms in total. The molecule has 2 aromatic rings. The fourth-order valence-corrected chi connectivity index (χ4v) is 5.72. The Hall–Kier alpha value is -2.31. The van der Waals surface area contributed by atoms with E-state index in [-0.39, 0.29) is 12.5 Å². The first-order valence-corrected chi connectivity index (χ1v) is 16.4. The van der Waals surface area contributed by atoms with Crippen LogP contribution in [-0.2, 0) is 25.2 Å². The Labute approximate surface area is 233 Å². The quantitative estimate of drug-likeness (QED) is 0.163. The lowest BCUT2D eigenvalue weighted by Gasteiger charge is -2.34. The van der Waals surface area contributed by atoms with Gasteiger partial charge in [0, 0.05) is 50.6 Å². The molecule has 2 atom stereocenters. The maximum atomic E-state index is 12.7. The number of nitrogens with one attached hydrogen (secondary N) is 1. The highest BCUT2D eigenvalue weighted by Gasteiger charge is 2.26. The molecule has 1 aliphatic heterocycles. The van der Waals surface area contributed by atoms with Gasteiger partial charge in [-0.1, -0.05) is 68.1 Å². The van der Waals surface area contributed by atoms with Gasteiger partial charge in [0.25, 0.3) is 0 Å². The molecule has 0 aromatic heterocycles. The van der Waals surface area contributed by atoms with Crippen molar-refractivity contribution in [1.82, 2.24) is 4.90 Å². The molecule has 0 fully saturated rings. The Morgan fingerprint density at radius 3 is 2.23 bits per heavy atom. The third-order valence-corrected chi connectivity index (χ3v) is 7.94. The molecule has 214 valence electrons. The van der Waals surface area contributed by atoms with E-state index >= 15 is 0 Å². The Morgan fingerprint density at radius 2 is 1.56 bits per heavy atom. The molecular weight excluding hydrogens is 511 g/mol. The molecule has 39 heavy (non-hydrogen) atoms. The summed E-state index contributed by atoms with van der Waals surface area (Å²) in [5.41, 5.74) is 4.72. The van der Waals surface area contributed by atoms with Gasteiger partial charge in [0.2, 0.25) is 5.91 Å². The Balaban J connectivity index is 1.30. The lowest BCUT2D eigenvalue weighted by Crippen LogP contribution is -2.32. The van der Waals surface area contributed by atoms with Gasteiger partial charge in [0.1, 0.15) is 5.78 Å². The number of likely N-dealkylation sites (N-methyl/N-ethyl adjacent to an activating group) is 1. The highest BCUT2D eigenvalue weighted by Crippen LogP contribution is 2.37. The normalized spacial score (nSPS) is 16.8. The number of ketones is 1. The zero-order valence-corrected chi connectivity index (χ0v) is 24.5. The minimum Gasteiger partial charge on any atom is -0.326 e. The Kier molecular flexibility index (Phi) is 12.9. The second-order valence-electron chi connectivity index (χ2n) is 10.8. The second kappa shape index (κ2) is 16.1. The van der Waals surface area contributed by atoms with Gasteiger partial charge in [-0.15, -0.1) is 0 Å². The molecule has 0 radical (unpaired) electrons. The first-order chi connectivity index (χ1) is 18.7. The highest BCUT2D eigenvalue weighted by atomic mass is 31.2. The van der Waals surface area contributed by atoms with Crippen LogP contribution in [0.15, 0.2) is 48.5 Å². The molecular formula is C31H45N2O5P. The number of amides is 1. The van der Waals surface area contributed by atoms with E-state index in [9.17, 15) is 14.2 Å². The summed E-state index contributed by atoms with van der Waals surface area (Å²) in [5.74, 6) is 0.642. The molecule has 8 heteroatoms. The van der Waals surface area contributed by atoms with Crippen molar-refractivity contribution in [1.29, 1.82) is 0 Å². The van der Waals surface area contributed by atoms with Crippen molar-refractivity contribution in [2.75, 3.05) is 32.2 Å². The smallest absolute Gasteiger partial charge is 0.325 e. The Bertz CT molecular complexity index is 1100. The highest BCUT2D eigenvalue weighted by molar-refractivity contribution is 7.51. The topological polar surface area (TPSA) is 95.9 Å². The molecule has 0 aliphatic carbocycles. The van der Waals surface area contributed by atoms with Crippen LogP contribution in [0.5, 0.6) is 0 Å². The zero-order chi connectivity index (χ0) is 28.1. The number of carbonyl (C=O) groups excluding carboxylic acids is 2. The van der Waals surface area contributed by atoms with Gasteiger partial charge >= 0.3 is 7.60 Å². The first-order valence-electron chi connectivity index (χ1n) is 14.3. The minimum atomic E-state index is -3.38. The first kappa shape index (κ1) is 31.2. The van der Waals surface area contributed by atoms with Crippen molar-refractivity contribution < 1.29 is 23.6 Å². The molecule has 1 aliphatic rings. The van der Waals surface area contributed by atoms with E-state index < -0.39 is 7.60 Å². The summed E-state index contributed by atoms with van der Waals surface area (Å²) >= 11 is 0. The zero-order valence-electron chi connectivity index (χ0n) is 23.6. The van der Waals surface area contributed by atoms with Gasteiger partial charge in [0.05, 0.1) is 6.61 Å². The fraction of sp³-hybridized carbons (Fsp3) is 0.548. The van der Waals surface area contributed by atoms with Gasteiger partial charge in [0.15, 0.2) is 0 Å². The van der Waals surface area contributed by atoms with E-state index in [0.717, 1.165) is 70.1 Å². The molecule has 2 unspecified atom stereocenters. The molecule has 0 saturated heterocycles. The standard InChI is InChI=1S/C31H45N2O5P/c1-33-23-28(25-15-8-7-9-16-25)27-19-14-20-30(29(27)24-33)32-31(35)21-12-4-3-10-17-26(34)18-11-5-6-13-22-38-39(2,36)37/h7-9,14-16,19-20,28H,3-6,10-13,17-18,21-24H2,1-2H3,(H,32,35)(H,36,37). The number of unbranched alkanes of at least 4 members (excludes halogenated alkanes) is 6. The summed E-state index contributed by atoms with van der Waals surface area (Å²) in [6.45, 7) is 3.26. The van der Waals surface area contributed by atoms with Crippen molar-refractivity contribution in [2.45, 2.75) is 83.1 Å². The van der Waals surface area contributed by atoms with Crippen LogP contribution in [0.3, 0.4) is 0 Å². The number of fused-ring (bicyclic) bond motifs is 1. The summed E-state index contributed by atoms with van der Waals surface area (Å²) in [7, 11) is -1.25.